The van der Waals surface area contributed by atoms with Crippen molar-refractivity contribution in [3.63, 3.8) is 0 Å². The van der Waals surface area contributed by atoms with Crippen LogP contribution in [0.2, 0.25) is 0 Å². The van der Waals surface area contributed by atoms with Crippen LogP contribution >= 0.6 is 0 Å². The van der Waals surface area contributed by atoms with Crippen LogP contribution in [0.3, 0.4) is 0 Å². The van der Waals surface area contributed by atoms with Crippen LogP contribution in [0.5, 0.6) is 0 Å². The van der Waals surface area contributed by atoms with Crippen molar-refractivity contribution >= 4 is 30.6 Å². The minimum absolute atomic E-state index is 0.00894. The van der Waals surface area contributed by atoms with Gasteiger partial charge in [-0.25, -0.2) is 0 Å². The van der Waals surface area contributed by atoms with Crippen LogP contribution < -0.4 is 5.56 Å². The first-order valence-electron chi connectivity index (χ1n) is 7.40. The zero-order valence-electron chi connectivity index (χ0n) is 13.3. The molecule has 1 heterocycles. The van der Waals surface area contributed by atoms with Crippen molar-refractivity contribution in [1.29, 1.82) is 0 Å². The van der Waals surface area contributed by atoms with E-state index in [0.717, 1.165) is 25.6 Å². The van der Waals surface area contributed by atoms with Gasteiger partial charge in [-0.15, -0.1) is 0 Å². The van der Waals surface area contributed by atoms with Crippen LogP contribution in [-0.4, -0.2) is 34.8 Å². The Morgan fingerprint density at radius 2 is 1.74 bits per heavy atom. The summed E-state index contributed by atoms with van der Waals surface area (Å²) in [6, 6.07) is 15.2. The quantitative estimate of drug-likeness (QED) is 0.228. The second kappa shape index (κ2) is 5.84. The summed E-state index contributed by atoms with van der Waals surface area (Å²) in [5.41, 5.74) is 1.05. The van der Waals surface area contributed by atoms with Crippen molar-refractivity contribution in [2.45, 2.75) is 26.3 Å². The monoisotopic (exact) mass is 374 g/mol. The summed E-state index contributed by atoms with van der Waals surface area (Å²) in [5.74, 6) is 0. The zero-order chi connectivity index (χ0) is 16.6. The van der Waals surface area contributed by atoms with Gasteiger partial charge in [-0.3, -0.25) is 0 Å². The van der Waals surface area contributed by atoms with E-state index in [9.17, 15) is 10.0 Å². The summed E-state index contributed by atoms with van der Waals surface area (Å²) >= 11 is -0.104. The van der Waals surface area contributed by atoms with Crippen molar-refractivity contribution in [1.82, 2.24) is 3.56 Å². The Morgan fingerprint density at radius 1 is 1.09 bits per heavy atom. The minimum atomic E-state index is -0.518. The molecular formula is C18H18N2O2Se. The summed E-state index contributed by atoms with van der Waals surface area (Å²) in [5, 5.41) is 13.0. The number of para-hydroxylation sites is 1. The Morgan fingerprint density at radius 3 is 2.43 bits per heavy atom. The summed E-state index contributed by atoms with van der Waals surface area (Å²) in [7, 11) is 0. The van der Waals surface area contributed by atoms with Crippen LogP contribution in [0.4, 0.5) is 0 Å². The van der Waals surface area contributed by atoms with Gasteiger partial charge in [0, 0.05) is 0 Å². The summed E-state index contributed by atoms with van der Waals surface area (Å²) < 4.78 is 3.81. The van der Waals surface area contributed by atoms with Crippen molar-refractivity contribution in [2.24, 2.45) is 0 Å². The summed E-state index contributed by atoms with van der Waals surface area (Å²) in [6.07, 6.45) is 1.57. The van der Waals surface area contributed by atoms with E-state index in [1.54, 1.807) is 9.78 Å². The number of hydrogen-bond acceptors (Lipinski definition) is 2. The van der Waals surface area contributed by atoms with Gasteiger partial charge in [0.1, 0.15) is 0 Å². The van der Waals surface area contributed by atoms with Gasteiger partial charge in [0.15, 0.2) is 0 Å². The molecule has 118 valence electrons. The van der Waals surface area contributed by atoms with Crippen LogP contribution in [0.15, 0.2) is 53.3 Å². The van der Waals surface area contributed by atoms with Crippen LogP contribution in [0, 0.1) is 5.21 Å². The molecule has 0 spiro atoms. The Balaban J connectivity index is 2.21. The molecule has 0 amide bonds. The fraction of sp³-hybridized carbons (Fsp3) is 0.222. The topological polar surface area (TPSA) is 48.1 Å². The van der Waals surface area contributed by atoms with Gasteiger partial charge >= 0.3 is 141 Å². The zero-order valence-corrected chi connectivity index (χ0v) is 15.0. The summed E-state index contributed by atoms with van der Waals surface area (Å²) in [6.45, 7) is 5.58. The number of hydroxylamine groups is 1. The number of fused-ring (bicyclic) bond motifs is 1. The first-order chi connectivity index (χ1) is 10.9. The van der Waals surface area contributed by atoms with Gasteiger partial charge in [-0.05, 0) is 0 Å². The molecule has 0 aliphatic heterocycles. The van der Waals surface area contributed by atoms with Gasteiger partial charge in [0.25, 0.3) is 0 Å². The first-order valence-corrected chi connectivity index (χ1v) is 9.02. The molecule has 4 nitrogen and oxygen atoms in total. The van der Waals surface area contributed by atoms with E-state index in [2.05, 4.69) is 0 Å². The van der Waals surface area contributed by atoms with Crippen LogP contribution in [0.25, 0.3) is 15.3 Å². The molecule has 3 aromatic rings. The molecule has 0 atom stereocenters. The van der Waals surface area contributed by atoms with E-state index in [-0.39, 0.29) is 20.3 Å². The molecule has 5 heteroatoms. The molecule has 0 aliphatic carbocycles. The van der Waals surface area contributed by atoms with E-state index < -0.39 is 5.54 Å². The number of hydrogen-bond donors (Lipinski definition) is 0. The van der Waals surface area contributed by atoms with Gasteiger partial charge < -0.3 is 0 Å². The number of rotatable bonds is 2. The maximum atomic E-state index is 12.7. The molecule has 1 aromatic heterocycles. The Kier molecular flexibility index (Phi) is 4.00. The second-order valence-corrected chi connectivity index (χ2v) is 8.44. The van der Waals surface area contributed by atoms with Crippen molar-refractivity contribution < 1.29 is 4.74 Å². The molecule has 0 aliphatic rings. The van der Waals surface area contributed by atoms with Crippen molar-refractivity contribution in [3.05, 3.63) is 69.7 Å². The molecule has 23 heavy (non-hydrogen) atoms. The third-order valence-electron chi connectivity index (χ3n) is 3.56. The molecular weight excluding hydrogens is 355 g/mol. The molecule has 0 N–H and O–H groups in total. The molecule has 3 rings (SSSR count). The third kappa shape index (κ3) is 3.03. The van der Waals surface area contributed by atoms with E-state index in [4.69, 9.17) is 0 Å². The van der Waals surface area contributed by atoms with Crippen molar-refractivity contribution in [3.8, 4) is 5.69 Å². The standard InChI is InChI=1S/C18H18N2O2Se/c1-18(2,3)19(22)12-13-8-4-6-10-15(13)20-17(21)14-9-5-7-11-16(14)23-20/h4-12H,1-3H3. The van der Waals surface area contributed by atoms with E-state index in [1.807, 2.05) is 69.3 Å². The molecule has 2 aromatic carbocycles. The van der Waals surface area contributed by atoms with E-state index in [0.29, 0.717) is 0 Å². The summed E-state index contributed by atoms with van der Waals surface area (Å²) in [4.78, 5) is 12.7. The molecule has 0 bridgehead atoms. The number of benzene rings is 2. The normalized spacial score (nSPS) is 12.7. The molecule has 0 fully saturated rings. The van der Waals surface area contributed by atoms with Crippen LogP contribution in [0.1, 0.15) is 26.3 Å². The average Bonchev–Trinajstić information content (AvgIpc) is 2.84. The van der Waals surface area contributed by atoms with E-state index in [1.165, 1.54) is 0 Å². The molecule has 0 unspecified atom stereocenters. The average molecular weight is 373 g/mol. The molecule has 0 saturated heterocycles. The maximum absolute atomic E-state index is 12.7. The molecule has 0 radical (unpaired) electrons. The predicted octanol–water partition coefficient (Wildman–Crippen LogP) is 2.78. The van der Waals surface area contributed by atoms with Gasteiger partial charge in [0.05, 0.1) is 0 Å². The first kappa shape index (κ1) is 15.8. The second-order valence-electron chi connectivity index (χ2n) is 6.37. The fourth-order valence-corrected chi connectivity index (χ4v) is 4.41. The Bertz CT molecular complexity index is 945. The Labute approximate surface area is 140 Å². The van der Waals surface area contributed by atoms with E-state index >= 15 is 0 Å². The van der Waals surface area contributed by atoms with Gasteiger partial charge in [0.2, 0.25) is 0 Å². The van der Waals surface area contributed by atoms with Crippen LogP contribution in [-0.2, 0) is 0 Å². The fourth-order valence-electron chi connectivity index (χ4n) is 2.23. The SMILES string of the molecule is CC(C)(C)[N+]([O-])=Cc1ccccc1-n1[se]c2ccccc2c1=O. The third-order valence-corrected chi connectivity index (χ3v) is 5.87. The Hall–Kier alpha value is -2.10. The number of aromatic nitrogens is 1. The number of nitrogens with zero attached hydrogens (tertiary/aromatic N) is 2. The van der Waals surface area contributed by atoms with Gasteiger partial charge in [-0.1, -0.05) is 0 Å². The predicted molar refractivity (Wildman–Crippen MR) is 95.0 cm³/mol. The molecule has 0 saturated carbocycles. The van der Waals surface area contributed by atoms with Gasteiger partial charge in [-0.2, -0.15) is 0 Å². The van der Waals surface area contributed by atoms with Crippen molar-refractivity contribution in [2.75, 3.05) is 0 Å².